The summed E-state index contributed by atoms with van der Waals surface area (Å²) in [4.78, 5) is 48.4. The third kappa shape index (κ3) is 4.59. The van der Waals surface area contributed by atoms with Crippen molar-refractivity contribution in [3.63, 3.8) is 0 Å². The summed E-state index contributed by atoms with van der Waals surface area (Å²) in [5.41, 5.74) is 0.961. The van der Waals surface area contributed by atoms with Crippen molar-refractivity contribution in [2.75, 3.05) is 26.2 Å². The Morgan fingerprint density at radius 3 is 2.68 bits per heavy atom. The lowest BCUT2D eigenvalue weighted by atomic mass is 10.2. The summed E-state index contributed by atoms with van der Waals surface area (Å²) in [6.07, 6.45) is 3.09. The van der Waals surface area contributed by atoms with Crippen molar-refractivity contribution in [3.05, 3.63) is 74.6 Å². The number of amides is 1. The first kappa shape index (κ1) is 21.0. The van der Waals surface area contributed by atoms with Gasteiger partial charge in [-0.25, -0.2) is 9.78 Å². The first-order valence-corrected chi connectivity index (χ1v) is 10.7. The number of fused-ring (bicyclic) bond motifs is 1. The molecule has 2 aromatic heterocycles. The van der Waals surface area contributed by atoms with Crippen LogP contribution in [0.2, 0.25) is 0 Å². The molecule has 1 aliphatic heterocycles. The number of carbonyl (C=O) groups is 1. The van der Waals surface area contributed by atoms with Gasteiger partial charge in [0.2, 0.25) is 0 Å². The maximum absolute atomic E-state index is 13.1. The highest BCUT2D eigenvalue weighted by molar-refractivity contribution is 5.96. The summed E-state index contributed by atoms with van der Waals surface area (Å²) < 4.78 is 1.44. The Morgan fingerprint density at radius 2 is 1.90 bits per heavy atom. The van der Waals surface area contributed by atoms with Crippen LogP contribution in [-0.4, -0.2) is 56.4 Å². The van der Waals surface area contributed by atoms with E-state index in [1.54, 1.807) is 6.07 Å². The van der Waals surface area contributed by atoms with E-state index in [2.05, 4.69) is 27.0 Å². The molecule has 0 radical (unpaired) electrons. The van der Waals surface area contributed by atoms with Gasteiger partial charge >= 0.3 is 5.69 Å². The van der Waals surface area contributed by atoms with E-state index in [9.17, 15) is 14.4 Å². The number of pyridine rings is 1. The molecule has 0 saturated carbocycles. The maximum Gasteiger partial charge on any atom is 0.329 e. The number of nitrogens with one attached hydrogen (secondary N) is 1. The zero-order valence-electron chi connectivity index (χ0n) is 17.7. The average Bonchev–Trinajstić information content (AvgIpc) is 3.02. The van der Waals surface area contributed by atoms with Crippen LogP contribution in [0.3, 0.4) is 0 Å². The molecule has 162 valence electrons. The zero-order valence-corrected chi connectivity index (χ0v) is 17.7. The molecule has 0 bridgehead atoms. The third-order valence-electron chi connectivity index (χ3n) is 5.65. The van der Waals surface area contributed by atoms with Gasteiger partial charge in [0.05, 0.1) is 10.9 Å². The number of aromatic amines is 1. The van der Waals surface area contributed by atoms with Gasteiger partial charge in [0.25, 0.3) is 11.5 Å². The molecule has 3 heterocycles. The lowest BCUT2D eigenvalue weighted by Gasteiger charge is -2.22. The molecule has 0 spiro atoms. The molecule has 8 heteroatoms. The van der Waals surface area contributed by atoms with Gasteiger partial charge in [0, 0.05) is 45.5 Å². The van der Waals surface area contributed by atoms with Gasteiger partial charge in [0.1, 0.15) is 5.65 Å². The fourth-order valence-electron chi connectivity index (χ4n) is 4.07. The topological polar surface area (TPSA) is 91.3 Å². The Bertz CT molecular complexity index is 1190. The third-order valence-corrected chi connectivity index (χ3v) is 5.65. The molecule has 1 saturated heterocycles. The molecule has 1 aromatic carbocycles. The fraction of sp³-hybridized carbons (Fsp3) is 0.391. The Hall–Kier alpha value is -3.26. The average molecular weight is 422 g/mol. The second kappa shape index (κ2) is 9.26. The lowest BCUT2D eigenvalue weighted by Crippen LogP contribution is -2.35. The van der Waals surface area contributed by atoms with Crippen molar-refractivity contribution in [2.45, 2.75) is 32.9 Å². The molecule has 1 N–H and O–H groups in total. The molecular formula is C23H27N5O3. The van der Waals surface area contributed by atoms with Crippen molar-refractivity contribution in [3.8, 4) is 0 Å². The Balaban J connectivity index is 1.52. The number of aryl methyl sites for hydroxylation is 1. The van der Waals surface area contributed by atoms with Gasteiger partial charge in [-0.2, -0.15) is 0 Å². The molecule has 3 aromatic rings. The van der Waals surface area contributed by atoms with Crippen LogP contribution in [-0.2, 0) is 13.1 Å². The van der Waals surface area contributed by atoms with Crippen LogP contribution in [0.15, 0.2) is 52.2 Å². The van der Waals surface area contributed by atoms with Crippen LogP contribution in [0, 0.1) is 0 Å². The quantitative estimate of drug-likeness (QED) is 0.679. The molecule has 1 aliphatic rings. The number of carbonyl (C=O) groups excluding carboxylic acids is 1. The smallest absolute Gasteiger partial charge is 0.329 e. The van der Waals surface area contributed by atoms with E-state index in [0.29, 0.717) is 30.8 Å². The number of nitrogens with zero attached hydrogens (tertiary/aromatic N) is 4. The van der Waals surface area contributed by atoms with E-state index in [1.807, 2.05) is 30.0 Å². The first-order valence-electron chi connectivity index (χ1n) is 10.7. The van der Waals surface area contributed by atoms with E-state index in [4.69, 9.17) is 0 Å². The van der Waals surface area contributed by atoms with E-state index in [-0.39, 0.29) is 11.3 Å². The van der Waals surface area contributed by atoms with E-state index in [1.165, 1.54) is 16.3 Å². The van der Waals surface area contributed by atoms with Crippen LogP contribution in [0.25, 0.3) is 11.0 Å². The van der Waals surface area contributed by atoms with Gasteiger partial charge in [-0.05, 0) is 24.5 Å². The number of benzene rings is 1. The second-order valence-electron chi connectivity index (χ2n) is 7.91. The zero-order chi connectivity index (χ0) is 21.8. The summed E-state index contributed by atoms with van der Waals surface area (Å²) in [6.45, 7) is 6.27. The van der Waals surface area contributed by atoms with Gasteiger partial charge in [-0.3, -0.25) is 24.0 Å². The number of hydrogen-bond donors (Lipinski definition) is 1. The van der Waals surface area contributed by atoms with E-state index < -0.39 is 11.2 Å². The number of hydrogen-bond acceptors (Lipinski definition) is 5. The van der Waals surface area contributed by atoms with Crippen LogP contribution in [0.1, 0.15) is 35.7 Å². The normalized spacial score (nSPS) is 15.2. The van der Waals surface area contributed by atoms with Crippen molar-refractivity contribution >= 4 is 16.9 Å². The molecule has 0 aliphatic carbocycles. The minimum atomic E-state index is -0.514. The summed E-state index contributed by atoms with van der Waals surface area (Å²) in [6, 6.07) is 11.9. The Kier molecular flexibility index (Phi) is 6.27. The molecule has 31 heavy (non-hydrogen) atoms. The number of aromatic nitrogens is 3. The molecular weight excluding hydrogens is 394 g/mol. The predicted molar refractivity (Wildman–Crippen MR) is 119 cm³/mol. The van der Waals surface area contributed by atoms with Crippen LogP contribution >= 0.6 is 0 Å². The molecule has 0 unspecified atom stereocenters. The van der Waals surface area contributed by atoms with Crippen molar-refractivity contribution < 1.29 is 4.79 Å². The van der Waals surface area contributed by atoms with E-state index in [0.717, 1.165) is 32.5 Å². The SMILES string of the molecule is CCCn1c(=O)[nH]c(=O)c2cc(C(=O)N3CCCN(Cc4ccccc4)CC3)cnc21. The van der Waals surface area contributed by atoms with Gasteiger partial charge < -0.3 is 4.90 Å². The highest BCUT2D eigenvalue weighted by Crippen LogP contribution is 2.14. The Labute approximate surface area is 180 Å². The van der Waals surface area contributed by atoms with Crippen molar-refractivity contribution in [1.29, 1.82) is 0 Å². The van der Waals surface area contributed by atoms with Gasteiger partial charge in [-0.1, -0.05) is 37.3 Å². The van der Waals surface area contributed by atoms with Gasteiger partial charge in [0.15, 0.2) is 0 Å². The number of rotatable bonds is 5. The second-order valence-corrected chi connectivity index (χ2v) is 7.91. The van der Waals surface area contributed by atoms with Crippen LogP contribution < -0.4 is 11.2 Å². The summed E-state index contributed by atoms with van der Waals surface area (Å²) in [5, 5.41) is 0.263. The fourth-order valence-corrected chi connectivity index (χ4v) is 4.07. The van der Waals surface area contributed by atoms with Crippen LogP contribution in [0.5, 0.6) is 0 Å². The monoisotopic (exact) mass is 421 g/mol. The first-order chi connectivity index (χ1) is 15.1. The molecule has 1 amide bonds. The summed E-state index contributed by atoms with van der Waals surface area (Å²) in [7, 11) is 0. The standard InChI is InChI=1S/C23H27N5O3/c1-2-9-28-20-19(21(29)25-23(28)31)14-18(15-24-20)22(30)27-11-6-10-26(12-13-27)16-17-7-4-3-5-8-17/h3-5,7-8,14-15H,2,6,9-13,16H2,1H3,(H,25,29,31). The molecule has 1 fully saturated rings. The molecule has 0 atom stereocenters. The molecule has 8 nitrogen and oxygen atoms in total. The summed E-state index contributed by atoms with van der Waals surface area (Å²) >= 11 is 0. The largest absolute Gasteiger partial charge is 0.337 e. The highest BCUT2D eigenvalue weighted by Gasteiger charge is 2.22. The lowest BCUT2D eigenvalue weighted by molar-refractivity contribution is 0.0761. The maximum atomic E-state index is 13.1. The van der Waals surface area contributed by atoms with Crippen molar-refractivity contribution in [2.24, 2.45) is 0 Å². The van der Waals surface area contributed by atoms with Crippen molar-refractivity contribution in [1.82, 2.24) is 24.3 Å². The predicted octanol–water partition coefficient (Wildman–Crippen LogP) is 1.84. The minimum Gasteiger partial charge on any atom is -0.337 e. The highest BCUT2D eigenvalue weighted by atomic mass is 16.2. The molecule has 4 rings (SSSR count). The van der Waals surface area contributed by atoms with Gasteiger partial charge in [-0.15, -0.1) is 0 Å². The van der Waals surface area contributed by atoms with E-state index >= 15 is 0 Å². The summed E-state index contributed by atoms with van der Waals surface area (Å²) in [5.74, 6) is -0.136. The minimum absolute atomic E-state index is 0.136. The number of H-pyrrole nitrogens is 1. The van der Waals surface area contributed by atoms with Crippen LogP contribution in [0.4, 0.5) is 0 Å². The Morgan fingerprint density at radius 1 is 1.10 bits per heavy atom.